The van der Waals surface area contributed by atoms with Gasteiger partial charge in [0.25, 0.3) is 0 Å². The molecule has 1 aromatic heterocycles. The lowest BCUT2D eigenvalue weighted by Gasteiger charge is -2.26. The van der Waals surface area contributed by atoms with Crippen LogP contribution in [0.15, 0.2) is 36.9 Å². The molecule has 2 amide bonds. The van der Waals surface area contributed by atoms with Crippen molar-refractivity contribution in [1.82, 2.24) is 25.0 Å². The molecule has 23 heavy (non-hydrogen) atoms. The maximum Gasteiger partial charge on any atom is 0.317 e. The van der Waals surface area contributed by atoms with E-state index in [1.165, 1.54) is 6.33 Å². The van der Waals surface area contributed by atoms with E-state index in [1.807, 2.05) is 31.2 Å². The first kappa shape index (κ1) is 15.5. The molecule has 1 atom stereocenters. The van der Waals surface area contributed by atoms with E-state index in [0.29, 0.717) is 12.8 Å². The number of rotatable bonds is 5. The first-order valence-electron chi connectivity index (χ1n) is 7.63. The summed E-state index contributed by atoms with van der Waals surface area (Å²) in [5.74, 6) is 0. The molecule has 0 saturated heterocycles. The maximum absolute atomic E-state index is 13.6. The number of urea groups is 1. The molecule has 1 heterocycles. The van der Waals surface area contributed by atoms with Gasteiger partial charge in [-0.15, -0.1) is 0 Å². The second kappa shape index (κ2) is 5.98. The highest BCUT2D eigenvalue weighted by Crippen LogP contribution is 2.38. The zero-order valence-corrected chi connectivity index (χ0v) is 13.2. The molecule has 0 aliphatic heterocycles. The zero-order valence-electron chi connectivity index (χ0n) is 13.2. The number of halogens is 1. The van der Waals surface area contributed by atoms with Gasteiger partial charge in [0.2, 0.25) is 0 Å². The lowest BCUT2D eigenvalue weighted by atomic mass is 10.1. The fraction of sp³-hybridized carbons (Fsp3) is 0.438. The molecule has 122 valence electrons. The number of alkyl halides is 1. The third-order valence-corrected chi connectivity index (χ3v) is 4.31. The molecule has 7 heteroatoms. The summed E-state index contributed by atoms with van der Waals surface area (Å²) < 4.78 is 15.2. The molecule has 1 unspecified atom stereocenters. The quantitative estimate of drug-likeness (QED) is 0.921. The van der Waals surface area contributed by atoms with Gasteiger partial charge in [-0.25, -0.2) is 18.9 Å². The summed E-state index contributed by atoms with van der Waals surface area (Å²) in [5.41, 5.74) is 0.714. The number of benzene rings is 1. The van der Waals surface area contributed by atoms with Crippen LogP contribution in [0, 0.1) is 0 Å². The van der Waals surface area contributed by atoms with Crippen molar-refractivity contribution >= 4 is 6.03 Å². The van der Waals surface area contributed by atoms with Gasteiger partial charge in [-0.2, -0.15) is 5.10 Å². The number of hydrogen-bond donors (Lipinski definition) is 1. The molecule has 0 spiro atoms. The Bertz CT molecular complexity index is 666. The summed E-state index contributed by atoms with van der Waals surface area (Å²) >= 11 is 0. The van der Waals surface area contributed by atoms with E-state index < -0.39 is 5.67 Å². The summed E-state index contributed by atoms with van der Waals surface area (Å²) in [4.78, 5) is 17.6. The molecule has 6 nitrogen and oxygen atoms in total. The predicted octanol–water partition coefficient (Wildman–Crippen LogP) is 2.47. The minimum atomic E-state index is -1.18. The van der Waals surface area contributed by atoms with E-state index in [9.17, 15) is 9.18 Å². The predicted molar refractivity (Wildman–Crippen MR) is 84.0 cm³/mol. The smallest absolute Gasteiger partial charge is 0.317 e. The van der Waals surface area contributed by atoms with Crippen LogP contribution in [0.2, 0.25) is 0 Å². The standard InChI is InChI=1S/C16H20FN5O/c1-12(21(2)15(23)19-9-16(17)7-8-16)13-3-5-14(6-4-13)22-11-18-10-20-22/h3-6,10-12H,7-9H2,1-2H3,(H,19,23). The Balaban J connectivity index is 1.62. The Labute approximate surface area is 134 Å². The number of aromatic nitrogens is 3. The van der Waals surface area contributed by atoms with Gasteiger partial charge < -0.3 is 10.2 Å². The van der Waals surface area contributed by atoms with Crippen LogP contribution in [-0.2, 0) is 0 Å². The molecule has 1 saturated carbocycles. The van der Waals surface area contributed by atoms with Crippen molar-refractivity contribution in [2.24, 2.45) is 0 Å². The Kier molecular flexibility index (Phi) is 4.02. The minimum absolute atomic E-state index is 0.0914. The Hall–Kier alpha value is -2.44. The van der Waals surface area contributed by atoms with Crippen LogP contribution in [0.1, 0.15) is 31.4 Å². The molecule has 1 aliphatic carbocycles. The molecule has 1 aromatic carbocycles. The van der Waals surface area contributed by atoms with Crippen LogP contribution in [0.3, 0.4) is 0 Å². The molecule has 1 N–H and O–H groups in total. The van der Waals surface area contributed by atoms with Crippen LogP contribution in [0.25, 0.3) is 5.69 Å². The second-order valence-corrected chi connectivity index (χ2v) is 6.03. The third kappa shape index (κ3) is 3.49. The van der Waals surface area contributed by atoms with Crippen LogP contribution in [0.5, 0.6) is 0 Å². The fourth-order valence-electron chi connectivity index (χ4n) is 2.32. The monoisotopic (exact) mass is 317 g/mol. The highest BCUT2D eigenvalue weighted by atomic mass is 19.1. The summed E-state index contributed by atoms with van der Waals surface area (Å²) in [7, 11) is 1.71. The van der Waals surface area contributed by atoms with Crippen molar-refractivity contribution in [2.45, 2.75) is 31.5 Å². The topological polar surface area (TPSA) is 63.1 Å². The third-order valence-electron chi connectivity index (χ3n) is 4.31. The second-order valence-electron chi connectivity index (χ2n) is 6.03. The Morgan fingerprint density at radius 1 is 1.43 bits per heavy atom. The number of carbonyl (C=O) groups excluding carboxylic acids is 1. The van der Waals surface area contributed by atoms with E-state index in [4.69, 9.17) is 0 Å². The average Bonchev–Trinajstić information content (AvgIpc) is 3.08. The van der Waals surface area contributed by atoms with Gasteiger partial charge in [0.1, 0.15) is 18.3 Å². The summed E-state index contributed by atoms with van der Waals surface area (Å²) in [5, 5.41) is 6.73. The van der Waals surface area contributed by atoms with Gasteiger partial charge in [-0.1, -0.05) is 12.1 Å². The Morgan fingerprint density at radius 3 is 2.70 bits per heavy atom. The SMILES string of the molecule is CC(c1ccc(-n2cncn2)cc1)N(C)C(=O)NCC1(F)CC1. The van der Waals surface area contributed by atoms with Gasteiger partial charge in [0.05, 0.1) is 18.3 Å². The largest absolute Gasteiger partial charge is 0.335 e. The number of nitrogens with zero attached hydrogens (tertiary/aromatic N) is 4. The van der Waals surface area contributed by atoms with Crippen LogP contribution >= 0.6 is 0 Å². The minimum Gasteiger partial charge on any atom is -0.335 e. The van der Waals surface area contributed by atoms with Crippen molar-refractivity contribution in [1.29, 1.82) is 0 Å². The normalized spacial score (nSPS) is 16.7. The van der Waals surface area contributed by atoms with E-state index >= 15 is 0 Å². The molecule has 2 aromatic rings. The molecule has 0 bridgehead atoms. The van der Waals surface area contributed by atoms with Crippen molar-refractivity contribution in [3.05, 3.63) is 42.5 Å². The number of hydrogen-bond acceptors (Lipinski definition) is 3. The van der Waals surface area contributed by atoms with Gasteiger partial charge in [0, 0.05) is 7.05 Å². The van der Waals surface area contributed by atoms with E-state index in [-0.39, 0.29) is 18.6 Å². The number of amides is 2. The highest BCUT2D eigenvalue weighted by Gasteiger charge is 2.43. The zero-order chi connectivity index (χ0) is 16.4. The van der Waals surface area contributed by atoms with E-state index in [1.54, 1.807) is 23.0 Å². The first-order valence-corrected chi connectivity index (χ1v) is 7.63. The van der Waals surface area contributed by atoms with Crippen LogP contribution < -0.4 is 5.32 Å². The van der Waals surface area contributed by atoms with Gasteiger partial charge in [-0.3, -0.25) is 0 Å². The van der Waals surface area contributed by atoms with Crippen molar-refractivity contribution in [2.75, 3.05) is 13.6 Å². The van der Waals surface area contributed by atoms with Gasteiger partial charge in [0.15, 0.2) is 0 Å². The Morgan fingerprint density at radius 2 is 2.13 bits per heavy atom. The molecule has 3 rings (SSSR count). The maximum atomic E-state index is 13.6. The molecule has 0 radical (unpaired) electrons. The molecular formula is C16H20FN5O. The number of carbonyl (C=O) groups is 1. The first-order chi connectivity index (χ1) is 11.0. The van der Waals surface area contributed by atoms with Gasteiger partial charge >= 0.3 is 6.03 Å². The molecule has 1 fully saturated rings. The fourth-order valence-corrected chi connectivity index (χ4v) is 2.32. The summed E-state index contributed by atoms with van der Waals surface area (Å²) in [6.07, 6.45) is 4.18. The van der Waals surface area contributed by atoms with Crippen molar-refractivity contribution < 1.29 is 9.18 Å². The average molecular weight is 317 g/mol. The summed E-state index contributed by atoms with van der Waals surface area (Å²) in [6.45, 7) is 2.03. The van der Waals surface area contributed by atoms with Crippen molar-refractivity contribution in [3.8, 4) is 5.69 Å². The van der Waals surface area contributed by atoms with Crippen molar-refractivity contribution in [3.63, 3.8) is 0 Å². The molecule has 1 aliphatic rings. The van der Waals surface area contributed by atoms with Crippen LogP contribution in [0.4, 0.5) is 9.18 Å². The van der Waals surface area contributed by atoms with E-state index in [2.05, 4.69) is 15.4 Å². The van der Waals surface area contributed by atoms with E-state index in [0.717, 1.165) is 11.3 Å². The summed E-state index contributed by atoms with van der Waals surface area (Å²) in [6, 6.07) is 7.36. The highest BCUT2D eigenvalue weighted by molar-refractivity contribution is 5.74. The number of nitrogens with one attached hydrogen (secondary N) is 1. The molecular weight excluding hydrogens is 297 g/mol. The van der Waals surface area contributed by atoms with Gasteiger partial charge in [-0.05, 0) is 37.5 Å². The lowest BCUT2D eigenvalue weighted by Crippen LogP contribution is -2.41. The lowest BCUT2D eigenvalue weighted by molar-refractivity contribution is 0.188. The van der Waals surface area contributed by atoms with Crippen LogP contribution in [-0.4, -0.2) is 45.0 Å².